The number of hydrogen-bond donors (Lipinski definition) is 2. The van der Waals surface area contributed by atoms with Crippen LogP contribution in [0.15, 0.2) is 34.7 Å². The monoisotopic (exact) mass is 390 g/mol. The molecule has 0 saturated heterocycles. The first kappa shape index (κ1) is 20.2. The smallest absolute Gasteiger partial charge is 0.341 e. The van der Waals surface area contributed by atoms with Gasteiger partial charge in [0.05, 0.1) is 12.0 Å². The van der Waals surface area contributed by atoms with Gasteiger partial charge < -0.3 is 19.9 Å². The molecule has 0 bridgehead atoms. The van der Waals surface area contributed by atoms with Crippen molar-refractivity contribution in [3.05, 3.63) is 40.8 Å². The minimum Gasteiger partial charge on any atom is -0.493 e. The molecular weight excluding hydrogens is 372 g/mol. The van der Waals surface area contributed by atoms with E-state index in [2.05, 4.69) is 16.9 Å². The zero-order valence-electron chi connectivity index (χ0n) is 14.8. The van der Waals surface area contributed by atoms with E-state index < -0.39 is 18.5 Å². The van der Waals surface area contributed by atoms with Gasteiger partial charge in [0.25, 0.3) is 5.91 Å². The first-order chi connectivity index (χ1) is 12.8. The van der Waals surface area contributed by atoms with Crippen LogP contribution in [-0.2, 0) is 20.8 Å². The Balaban J connectivity index is 2.36. The molecule has 2 amide bonds. The Kier molecular flexibility index (Phi) is 6.78. The summed E-state index contributed by atoms with van der Waals surface area (Å²) in [6.07, 6.45) is 3.67. The van der Waals surface area contributed by atoms with Crippen LogP contribution in [0, 0.1) is 0 Å². The molecule has 2 rings (SSSR count). The lowest BCUT2D eigenvalue weighted by molar-refractivity contribution is -0.139. The molecule has 0 fully saturated rings. The molecule has 0 saturated carbocycles. The van der Waals surface area contributed by atoms with Gasteiger partial charge in [0.2, 0.25) is 5.91 Å². The molecule has 0 aliphatic carbocycles. The van der Waals surface area contributed by atoms with Crippen LogP contribution in [0.5, 0.6) is 11.5 Å². The van der Waals surface area contributed by atoms with Crippen LogP contribution in [0.2, 0.25) is 0 Å². The fraction of sp³-hybridized carbons (Fsp3) is 0.222. The highest BCUT2D eigenvalue weighted by Gasteiger charge is 2.23. The number of carbonyl (C=O) groups excluding carboxylic acids is 2. The summed E-state index contributed by atoms with van der Waals surface area (Å²) in [5.41, 5.74) is 1.30. The summed E-state index contributed by atoms with van der Waals surface area (Å²) in [6, 6.07) is 3.37. The molecular formula is C18H18N2O6S. The number of aliphatic imine (C=N–C) groups is 1. The molecule has 0 unspecified atom stereocenters. The van der Waals surface area contributed by atoms with Crippen LogP contribution in [0.25, 0.3) is 6.08 Å². The second-order valence-corrected chi connectivity index (χ2v) is 6.43. The van der Waals surface area contributed by atoms with E-state index in [0.29, 0.717) is 34.0 Å². The van der Waals surface area contributed by atoms with Gasteiger partial charge >= 0.3 is 5.97 Å². The highest BCUT2D eigenvalue weighted by molar-refractivity contribution is 8.18. The summed E-state index contributed by atoms with van der Waals surface area (Å²) in [4.78, 5) is 38.0. The minimum atomic E-state index is -1.11. The Hall–Kier alpha value is -3.07. The van der Waals surface area contributed by atoms with Crippen LogP contribution >= 0.6 is 11.8 Å². The Morgan fingerprint density at radius 1 is 1.41 bits per heavy atom. The van der Waals surface area contributed by atoms with Crippen LogP contribution < -0.4 is 14.8 Å². The third-order valence-corrected chi connectivity index (χ3v) is 4.18. The Labute approximate surface area is 159 Å². The zero-order chi connectivity index (χ0) is 20.0. The average molecular weight is 390 g/mol. The summed E-state index contributed by atoms with van der Waals surface area (Å²) in [5, 5.41) is 11.5. The third-order valence-electron chi connectivity index (χ3n) is 3.28. The SMILES string of the molecule is C=CCc1cc(/C=C2/SC(NC(C)=O)=NC2=O)cc(OC)c1OCC(=O)O. The number of amidine groups is 1. The fourth-order valence-electron chi connectivity index (χ4n) is 2.29. The maximum Gasteiger partial charge on any atom is 0.341 e. The first-order valence-electron chi connectivity index (χ1n) is 7.80. The van der Waals surface area contributed by atoms with Gasteiger partial charge in [0, 0.05) is 12.5 Å². The first-order valence-corrected chi connectivity index (χ1v) is 8.62. The van der Waals surface area contributed by atoms with Crippen molar-refractivity contribution in [1.29, 1.82) is 0 Å². The molecule has 2 N–H and O–H groups in total. The van der Waals surface area contributed by atoms with Crippen molar-refractivity contribution in [3.8, 4) is 11.5 Å². The van der Waals surface area contributed by atoms with Gasteiger partial charge in [-0.15, -0.1) is 6.58 Å². The van der Waals surface area contributed by atoms with E-state index in [9.17, 15) is 14.4 Å². The van der Waals surface area contributed by atoms with Gasteiger partial charge in [-0.25, -0.2) is 4.79 Å². The Morgan fingerprint density at radius 2 is 2.15 bits per heavy atom. The van der Waals surface area contributed by atoms with E-state index >= 15 is 0 Å². The summed E-state index contributed by atoms with van der Waals surface area (Å²) in [7, 11) is 1.44. The number of hydrogen-bond acceptors (Lipinski definition) is 6. The number of rotatable bonds is 7. The number of carboxylic acid groups (broad SMARTS) is 1. The number of aliphatic carboxylic acids is 1. The molecule has 0 radical (unpaired) electrons. The molecule has 1 heterocycles. The summed E-state index contributed by atoms with van der Waals surface area (Å²) >= 11 is 1.05. The Bertz CT molecular complexity index is 860. The number of methoxy groups -OCH3 is 1. The van der Waals surface area contributed by atoms with E-state index in [1.165, 1.54) is 14.0 Å². The number of amides is 2. The summed E-state index contributed by atoms with van der Waals surface area (Å²) in [6.45, 7) is 4.51. The van der Waals surface area contributed by atoms with Crippen molar-refractivity contribution in [1.82, 2.24) is 5.32 Å². The number of carboxylic acids is 1. The lowest BCUT2D eigenvalue weighted by Gasteiger charge is -2.14. The maximum atomic E-state index is 12.0. The van der Waals surface area contributed by atoms with Crippen LogP contribution in [0.3, 0.4) is 0 Å². The van der Waals surface area contributed by atoms with Crippen molar-refractivity contribution in [3.63, 3.8) is 0 Å². The van der Waals surface area contributed by atoms with Crippen LogP contribution in [-0.4, -0.2) is 41.8 Å². The minimum absolute atomic E-state index is 0.221. The van der Waals surface area contributed by atoms with E-state index in [0.717, 1.165) is 11.8 Å². The predicted octanol–water partition coefficient (Wildman–Crippen LogP) is 1.99. The molecule has 1 aromatic rings. The van der Waals surface area contributed by atoms with Gasteiger partial charge in [0.1, 0.15) is 0 Å². The lowest BCUT2D eigenvalue weighted by atomic mass is 10.0. The Morgan fingerprint density at radius 3 is 2.74 bits per heavy atom. The van der Waals surface area contributed by atoms with E-state index in [-0.39, 0.29) is 11.1 Å². The number of nitrogens with zero attached hydrogens (tertiary/aromatic N) is 1. The van der Waals surface area contributed by atoms with Gasteiger partial charge in [-0.05, 0) is 42.0 Å². The van der Waals surface area contributed by atoms with E-state index in [1.54, 1.807) is 24.3 Å². The largest absolute Gasteiger partial charge is 0.493 e. The number of benzene rings is 1. The van der Waals surface area contributed by atoms with Crippen molar-refractivity contribution in [2.24, 2.45) is 4.99 Å². The summed E-state index contributed by atoms with van der Waals surface area (Å²) in [5.74, 6) is -1.24. The van der Waals surface area contributed by atoms with Gasteiger partial charge in [-0.2, -0.15) is 4.99 Å². The topological polar surface area (TPSA) is 114 Å². The quantitative estimate of drug-likeness (QED) is 0.540. The van der Waals surface area contributed by atoms with E-state index in [4.69, 9.17) is 14.6 Å². The summed E-state index contributed by atoms with van der Waals surface area (Å²) < 4.78 is 10.7. The molecule has 0 atom stereocenters. The third kappa shape index (κ3) is 5.45. The molecule has 1 aliphatic rings. The van der Waals surface area contributed by atoms with E-state index in [1.807, 2.05) is 0 Å². The predicted molar refractivity (Wildman–Crippen MR) is 102 cm³/mol. The zero-order valence-corrected chi connectivity index (χ0v) is 15.6. The number of nitrogens with one attached hydrogen (secondary N) is 1. The molecule has 8 nitrogen and oxygen atoms in total. The molecule has 142 valence electrons. The normalized spacial score (nSPS) is 14.7. The number of carbonyl (C=O) groups is 3. The number of allylic oxidation sites excluding steroid dienone is 1. The van der Waals surface area contributed by atoms with Crippen molar-refractivity contribution >= 4 is 40.8 Å². The highest BCUT2D eigenvalue weighted by Crippen LogP contribution is 2.36. The van der Waals surface area contributed by atoms with Crippen molar-refractivity contribution in [2.75, 3.05) is 13.7 Å². The van der Waals surface area contributed by atoms with Crippen LogP contribution in [0.1, 0.15) is 18.1 Å². The second kappa shape index (κ2) is 9.04. The lowest BCUT2D eigenvalue weighted by Crippen LogP contribution is -2.23. The fourth-order valence-corrected chi connectivity index (χ4v) is 3.15. The van der Waals surface area contributed by atoms with Crippen LogP contribution in [0.4, 0.5) is 0 Å². The van der Waals surface area contributed by atoms with Gasteiger partial charge in [-0.3, -0.25) is 9.59 Å². The standard InChI is InChI=1S/C18H18N2O6S/c1-4-5-12-6-11(7-13(25-3)16(12)26-9-15(22)23)8-14-17(24)20-18(27-14)19-10(2)21/h4,6-8H,1,5,9H2,2-3H3,(H,22,23)(H,19,20,21,24)/b14-8+. The van der Waals surface area contributed by atoms with Crippen molar-refractivity contribution in [2.45, 2.75) is 13.3 Å². The van der Waals surface area contributed by atoms with Gasteiger partial charge in [-0.1, -0.05) is 6.08 Å². The molecule has 27 heavy (non-hydrogen) atoms. The highest BCUT2D eigenvalue weighted by atomic mass is 32.2. The molecule has 0 spiro atoms. The van der Waals surface area contributed by atoms with Crippen molar-refractivity contribution < 1.29 is 29.0 Å². The number of thioether (sulfide) groups is 1. The number of ether oxygens (including phenoxy) is 2. The maximum absolute atomic E-state index is 12.0. The molecule has 1 aliphatic heterocycles. The van der Waals surface area contributed by atoms with Gasteiger partial charge in [0.15, 0.2) is 23.3 Å². The average Bonchev–Trinajstić information content (AvgIpc) is 2.91. The molecule has 0 aromatic heterocycles. The second-order valence-electron chi connectivity index (χ2n) is 5.40. The molecule has 9 heteroatoms. The molecule has 1 aromatic carbocycles.